The summed E-state index contributed by atoms with van der Waals surface area (Å²) >= 11 is 14.0. The Morgan fingerprint density at radius 2 is 1.74 bits per heavy atom. The number of hydrogen-bond donors (Lipinski definition) is 0. The average molecular weight is 524 g/mol. The molecule has 5 rings (SSSR count). The normalized spacial score (nSPS) is 16.2. The van der Waals surface area contributed by atoms with Gasteiger partial charge in [-0.15, -0.1) is 11.8 Å². The first-order valence-corrected chi connectivity index (χ1v) is 13.2. The fourth-order valence-corrected chi connectivity index (χ4v) is 6.79. The zero-order valence-electron chi connectivity index (χ0n) is 18.9. The van der Waals surface area contributed by atoms with E-state index in [9.17, 15) is 14.4 Å². The second-order valence-corrected chi connectivity index (χ2v) is 11.0. The lowest BCUT2D eigenvalue weighted by molar-refractivity contribution is 0.0678. The molecule has 0 N–H and O–H groups in total. The fourth-order valence-electron chi connectivity index (χ4n) is 5.02. The molecule has 2 heterocycles. The largest absolute Gasteiger partial charge is 0.339 e. The second-order valence-electron chi connectivity index (χ2n) is 9.13. The van der Waals surface area contributed by atoms with Crippen molar-refractivity contribution in [2.45, 2.75) is 29.6 Å². The molecular weight excluding hydrogens is 501 g/mol. The third-order valence-corrected chi connectivity index (χ3v) is 9.15. The Bertz CT molecular complexity index is 1330. The molecule has 3 aromatic carbocycles. The van der Waals surface area contributed by atoms with E-state index in [0.29, 0.717) is 39.8 Å². The topological polar surface area (TPSA) is 54.5 Å². The van der Waals surface area contributed by atoms with E-state index in [4.69, 9.17) is 23.2 Å². The first-order valence-electron chi connectivity index (χ1n) is 11.5. The fraction of sp³-hybridized carbons (Fsp3) is 0.250. The Hall–Kier alpha value is -2.60. The Labute approximate surface area is 218 Å². The molecule has 0 bridgehead atoms. The molecule has 1 amide bonds. The SMILES string of the molecule is O=Cc1ccccc1C(=O)Cc1ccc2c(c1)C1(CCN(C(=O)c3ccc(Cl)c(Cl)c3)CC1)CS2. The number of halogens is 2. The van der Waals surface area contributed by atoms with Gasteiger partial charge in [0.15, 0.2) is 12.1 Å². The van der Waals surface area contributed by atoms with E-state index in [1.165, 1.54) is 10.5 Å². The van der Waals surface area contributed by atoms with Gasteiger partial charge < -0.3 is 4.90 Å². The maximum Gasteiger partial charge on any atom is 0.253 e. The van der Waals surface area contributed by atoms with Crippen LogP contribution >= 0.6 is 35.0 Å². The second kappa shape index (κ2) is 9.81. The van der Waals surface area contributed by atoms with Crippen LogP contribution in [0.2, 0.25) is 10.0 Å². The summed E-state index contributed by atoms with van der Waals surface area (Å²) in [6, 6.07) is 18.2. The van der Waals surface area contributed by atoms with Crippen molar-refractivity contribution in [3.8, 4) is 0 Å². The van der Waals surface area contributed by atoms with Crippen LogP contribution in [-0.4, -0.2) is 41.7 Å². The highest BCUT2D eigenvalue weighted by Gasteiger charge is 2.42. The molecule has 35 heavy (non-hydrogen) atoms. The summed E-state index contributed by atoms with van der Waals surface area (Å²) in [5.74, 6) is 0.884. The van der Waals surface area contributed by atoms with E-state index in [1.54, 1.807) is 42.5 Å². The maximum atomic E-state index is 13.0. The van der Waals surface area contributed by atoms with Gasteiger partial charge in [-0.2, -0.15) is 0 Å². The molecule has 0 unspecified atom stereocenters. The van der Waals surface area contributed by atoms with Crippen LogP contribution in [0.1, 0.15) is 55.0 Å². The van der Waals surface area contributed by atoms with E-state index in [2.05, 4.69) is 12.1 Å². The van der Waals surface area contributed by atoms with Crippen LogP contribution in [0, 0.1) is 0 Å². The van der Waals surface area contributed by atoms with Crippen LogP contribution in [0.3, 0.4) is 0 Å². The maximum absolute atomic E-state index is 13.0. The summed E-state index contributed by atoms with van der Waals surface area (Å²) in [5, 5.41) is 0.814. The van der Waals surface area contributed by atoms with Gasteiger partial charge in [0.25, 0.3) is 5.91 Å². The van der Waals surface area contributed by atoms with Crippen molar-refractivity contribution in [2.75, 3.05) is 18.8 Å². The van der Waals surface area contributed by atoms with Gasteiger partial charge in [-0.05, 0) is 48.2 Å². The molecule has 3 aromatic rings. The molecule has 0 radical (unpaired) electrons. The Morgan fingerprint density at radius 3 is 2.49 bits per heavy atom. The summed E-state index contributed by atoms with van der Waals surface area (Å²) in [6.45, 7) is 1.32. The van der Waals surface area contributed by atoms with Gasteiger partial charge in [0.2, 0.25) is 0 Å². The Morgan fingerprint density at radius 1 is 0.971 bits per heavy atom. The highest BCUT2D eigenvalue weighted by Crippen LogP contribution is 2.50. The van der Waals surface area contributed by atoms with Gasteiger partial charge in [-0.1, -0.05) is 59.6 Å². The van der Waals surface area contributed by atoms with E-state index in [1.807, 2.05) is 22.7 Å². The van der Waals surface area contributed by atoms with E-state index in [0.717, 1.165) is 30.4 Å². The van der Waals surface area contributed by atoms with Crippen molar-refractivity contribution >= 4 is 52.9 Å². The number of hydrogen-bond acceptors (Lipinski definition) is 4. The number of rotatable bonds is 5. The molecule has 1 fully saturated rings. The monoisotopic (exact) mass is 523 g/mol. The van der Waals surface area contributed by atoms with Crippen LogP contribution in [0.15, 0.2) is 65.6 Å². The average Bonchev–Trinajstić information content (AvgIpc) is 3.22. The van der Waals surface area contributed by atoms with Crippen molar-refractivity contribution in [2.24, 2.45) is 0 Å². The third-order valence-electron chi connectivity index (χ3n) is 7.05. The number of carbonyl (C=O) groups is 3. The van der Waals surface area contributed by atoms with E-state index < -0.39 is 0 Å². The molecule has 178 valence electrons. The first-order chi connectivity index (χ1) is 16.9. The van der Waals surface area contributed by atoms with Gasteiger partial charge in [0.1, 0.15) is 0 Å². The summed E-state index contributed by atoms with van der Waals surface area (Å²) in [4.78, 5) is 40.4. The molecule has 4 nitrogen and oxygen atoms in total. The molecule has 7 heteroatoms. The van der Waals surface area contributed by atoms with Crippen LogP contribution in [-0.2, 0) is 11.8 Å². The number of nitrogens with zero attached hydrogens (tertiary/aromatic N) is 1. The van der Waals surface area contributed by atoms with Gasteiger partial charge in [-0.3, -0.25) is 14.4 Å². The van der Waals surface area contributed by atoms with Crippen LogP contribution in [0.4, 0.5) is 0 Å². The molecular formula is C28H23Cl2NO3S. The number of piperidine rings is 1. The zero-order valence-corrected chi connectivity index (χ0v) is 21.3. The minimum atomic E-state index is -0.0607. The number of benzene rings is 3. The van der Waals surface area contributed by atoms with Crippen molar-refractivity contribution in [1.29, 1.82) is 0 Å². The molecule has 0 aliphatic carbocycles. The first kappa shape index (κ1) is 24.1. The number of thioether (sulfide) groups is 1. The molecule has 1 saturated heterocycles. The molecule has 0 saturated carbocycles. The lowest BCUT2D eigenvalue weighted by Crippen LogP contribution is -2.45. The number of fused-ring (bicyclic) bond motifs is 2. The van der Waals surface area contributed by atoms with Gasteiger partial charge in [0.05, 0.1) is 10.0 Å². The van der Waals surface area contributed by atoms with Gasteiger partial charge >= 0.3 is 0 Å². The predicted molar refractivity (Wildman–Crippen MR) is 140 cm³/mol. The van der Waals surface area contributed by atoms with Crippen molar-refractivity contribution in [3.63, 3.8) is 0 Å². The predicted octanol–water partition coefficient (Wildman–Crippen LogP) is 6.51. The van der Waals surface area contributed by atoms with Crippen molar-refractivity contribution < 1.29 is 14.4 Å². The van der Waals surface area contributed by atoms with Crippen LogP contribution < -0.4 is 0 Å². The van der Waals surface area contributed by atoms with Crippen molar-refractivity contribution in [3.05, 3.63) is 98.5 Å². The highest BCUT2D eigenvalue weighted by atomic mass is 35.5. The van der Waals surface area contributed by atoms with Gasteiger partial charge in [-0.25, -0.2) is 0 Å². The number of likely N-dealkylation sites (tertiary alicyclic amines) is 1. The highest BCUT2D eigenvalue weighted by molar-refractivity contribution is 7.99. The van der Waals surface area contributed by atoms with E-state index >= 15 is 0 Å². The smallest absolute Gasteiger partial charge is 0.253 e. The number of amides is 1. The minimum Gasteiger partial charge on any atom is -0.339 e. The quantitative estimate of drug-likeness (QED) is 0.282. The Kier molecular flexibility index (Phi) is 6.75. The summed E-state index contributed by atoms with van der Waals surface area (Å²) < 4.78 is 0. The molecule has 0 aromatic heterocycles. The minimum absolute atomic E-state index is 0.00577. The number of ketones is 1. The van der Waals surface area contributed by atoms with E-state index in [-0.39, 0.29) is 23.5 Å². The molecule has 0 atom stereocenters. The molecule has 2 aliphatic heterocycles. The zero-order chi connectivity index (χ0) is 24.6. The van der Waals surface area contributed by atoms with Crippen LogP contribution in [0.5, 0.6) is 0 Å². The van der Waals surface area contributed by atoms with Crippen LogP contribution in [0.25, 0.3) is 0 Å². The molecule has 1 spiro atoms. The third kappa shape index (κ3) is 4.65. The van der Waals surface area contributed by atoms with Crippen molar-refractivity contribution in [1.82, 2.24) is 4.90 Å². The standard InChI is InChI=1S/C28H23Cl2NO3S/c29-23-7-6-19(15-24(23)30)27(34)31-11-9-28(10-12-31)17-35-26-8-5-18(13-22(26)28)14-25(33)21-4-2-1-3-20(21)16-32/h1-8,13,15-16H,9-12,14,17H2. The summed E-state index contributed by atoms with van der Waals surface area (Å²) in [5.41, 5.74) is 3.65. The van der Waals surface area contributed by atoms with Gasteiger partial charge in [0, 0.05) is 52.3 Å². The summed E-state index contributed by atoms with van der Waals surface area (Å²) in [7, 11) is 0. The number of aldehydes is 1. The number of carbonyl (C=O) groups excluding carboxylic acids is 3. The Balaban J connectivity index is 1.32. The molecule has 2 aliphatic rings. The summed E-state index contributed by atoms with van der Waals surface area (Å²) in [6.07, 6.45) is 2.71. The number of Topliss-reactive ketones (excluding diaryl/α,β-unsaturated/α-hetero) is 1. The lowest BCUT2D eigenvalue weighted by atomic mass is 9.74. The lowest BCUT2D eigenvalue weighted by Gasteiger charge is -2.40.